The van der Waals surface area contributed by atoms with Crippen molar-refractivity contribution in [1.29, 1.82) is 0 Å². The number of likely N-dealkylation sites (tertiary alicyclic amines) is 1. The van der Waals surface area contributed by atoms with E-state index in [1.165, 1.54) is 43.5 Å². The predicted octanol–water partition coefficient (Wildman–Crippen LogP) is 1.98. The summed E-state index contributed by atoms with van der Waals surface area (Å²) in [6, 6.07) is 6.50. The van der Waals surface area contributed by atoms with Crippen LogP contribution in [0.2, 0.25) is 0 Å². The molecule has 1 aliphatic carbocycles. The van der Waals surface area contributed by atoms with Crippen LogP contribution in [0.5, 0.6) is 5.75 Å². The molecule has 1 unspecified atom stereocenters. The normalized spacial score (nSPS) is 27.3. The number of hydrogen-bond acceptors (Lipinski definition) is 3. The minimum Gasteiger partial charge on any atom is -0.497 e. The molecule has 0 amide bonds. The number of fused-ring (bicyclic) bond motifs is 1. The minimum atomic E-state index is 0.190. The lowest BCUT2D eigenvalue weighted by Gasteiger charge is -2.44. The molecule has 1 fully saturated rings. The fourth-order valence-electron chi connectivity index (χ4n) is 3.71. The molecular formula is C16H24N2O. The minimum absolute atomic E-state index is 0.190. The van der Waals surface area contributed by atoms with Crippen molar-refractivity contribution in [2.45, 2.75) is 37.6 Å². The van der Waals surface area contributed by atoms with Crippen LogP contribution < -0.4 is 10.5 Å². The van der Waals surface area contributed by atoms with Gasteiger partial charge in [0.15, 0.2) is 0 Å². The number of nitrogens with zero attached hydrogens (tertiary/aromatic N) is 1. The second-order valence-corrected chi connectivity index (χ2v) is 5.93. The van der Waals surface area contributed by atoms with Gasteiger partial charge < -0.3 is 10.5 Å². The van der Waals surface area contributed by atoms with E-state index >= 15 is 0 Å². The van der Waals surface area contributed by atoms with Gasteiger partial charge >= 0.3 is 0 Å². The van der Waals surface area contributed by atoms with Gasteiger partial charge in [0, 0.05) is 12.1 Å². The van der Waals surface area contributed by atoms with E-state index in [0.29, 0.717) is 0 Å². The van der Waals surface area contributed by atoms with Gasteiger partial charge in [0.25, 0.3) is 0 Å². The Hall–Kier alpha value is -1.06. The van der Waals surface area contributed by atoms with E-state index in [-0.39, 0.29) is 5.54 Å². The van der Waals surface area contributed by atoms with Crippen molar-refractivity contribution in [3.05, 3.63) is 29.3 Å². The maximum absolute atomic E-state index is 6.17. The lowest BCUT2D eigenvalue weighted by molar-refractivity contribution is 0.107. The summed E-state index contributed by atoms with van der Waals surface area (Å²) in [5, 5.41) is 0. The van der Waals surface area contributed by atoms with Gasteiger partial charge in [0.2, 0.25) is 0 Å². The van der Waals surface area contributed by atoms with Crippen molar-refractivity contribution in [2.24, 2.45) is 5.73 Å². The number of hydrogen-bond donors (Lipinski definition) is 1. The fourth-order valence-corrected chi connectivity index (χ4v) is 3.71. The Morgan fingerprint density at radius 2 is 2.05 bits per heavy atom. The molecular weight excluding hydrogens is 236 g/mol. The van der Waals surface area contributed by atoms with Gasteiger partial charge in [0.05, 0.1) is 7.11 Å². The first-order valence-electron chi connectivity index (χ1n) is 7.38. The number of ether oxygens (including phenoxy) is 1. The van der Waals surface area contributed by atoms with Gasteiger partial charge in [0.1, 0.15) is 5.75 Å². The van der Waals surface area contributed by atoms with Gasteiger partial charge in [-0.2, -0.15) is 0 Å². The van der Waals surface area contributed by atoms with Gasteiger partial charge in [-0.3, -0.25) is 4.90 Å². The SMILES string of the molecule is COc1ccc2c(c1)CC(CN)(N1CCCC1)CC2. The maximum Gasteiger partial charge on any atom is 0.119 e. The number of rotatable bonds is 3. The third-order valence-electron chi connectivity index (χ3n) is 4.95. The van der Waals surface area contributed by atoms with Crippen LogP contribution in [0.15, 0.2) is 18.2 Å². The highest BCUT2D eigenvalue weighted by Gasteiger charge is 2.39. The van der Waals surface area contributed by atoms with Crippen molar-refractivity contribution in [2.75, 3.05) is 26.7 Å². The van der Waals surface area contributed by atoms with Gasteiger partial charge in [-0.05, 0) is 68.5 Å². The van der Waals surface area contributed by atoms with Crippen molar-refractivity contribution in [3.8, 4) is 5.75 Å². The Labute approximate surface area is 115 Å². The zero-order chi connectivity index (χ0) is 13.3. The van der Waals surface area contributed by atoms with E-state index < -0.39 is 0 Å². The van der Waals surface area contributed by atoms with Crippen LogP contribution in [0, 0.1) is 0 Å². The molecule has 1 aromatic carbocycles. The Balaban J connectivity index is 1.89. The van der Waals surface area contributed by atoms with Crippen LogP contribution in [-0.2, 0) is 12.8 Å². The van der Waals surface area contributed by atoms with Crippen LogP contribution in [0.1, 0.15) is 30.4 Å². The van der Waals surface area contributed by atoms with Crippen molar-refractivity contribution in [3.63, 3.8) is 0 Å². The molecule has 1 aromatic rings. The van der Waals surface area contributed by atoms with Gasteiger partial charge in [-0.15, -0.1) is 0 Å². The number of aryl methyl sites for hydroxylation is 1. The standard InChI is InChI=1S/C16H24N2O/c1-19-15-5-4-13-6-7-16(12-17,11-14(13)10-15)18-8-2-3-9-18/h4-5,10H,2-3,6-9,11-12,17H2,1H3. The molecule has 0 radical (unpaired) electrons. The Morgan fingerprint density at radius 3 is 2.74 bits per heavy atom. The molecule has 0 spiro atoms. The maximum atomic E-state index is 6.17. The second-order valence-electron chi connectivity index (χ2n) is 5.93. The highest BCUT2D eigenvalue weighted by atomic mass is 16.5. The summed E-state index contributed by atoms with van der Waals surface area (Å²) in [5.41, 5.74) is 9.27. The van der Waals surface area contributed by atoms with E-state index in [0.717, 1.165) is 25.1 Å². The van der Waals surface area contributed by atoms with Gasteiger partial charge in [-0.25, -0.2) is 0 Å². The van der Waals surface area contributed by atoms with Crippen molar-refractivity contribution >= 4 is 0 Å². The fraction of sp³-hybridized carbons (Fsp3) is 0.625. The molecule has 1 aliphatic heterocycles. The highest BCUT2D eigenvalue weighted by Crippen LogP contribution is 2.36. The average molecular weight is 260 g/mol. The molecule has 1 atom stereocenters. The van der Waals surface area contributed by atoms with Gasteiger partial charge in [-0.1, -0.05) is 6.07 Å². The van der Waals surface area contributed by atoms with Crippen LogP contribution >= 0.6 is 0 Å². The van der Waals surface area contributed by atoms with Crippen LogP contribution in [-0.4, -0.2) is 37.2 Å². The van der Waals surface area contributed by atoms with Crippen LogP contribution in [0.25, 0.3) is 0 Å². The summed E-state index contributed by atoms with van der Waals surface area (Å²) in [7, 11) is 1.74. The first-order chi connectivity index (χ1) is 9.27. The number of nitrogens with two attached hydrogens (primary N) is 1. The molecule has 0 saturated carbocycles. The average Bonchev–Trinajstić information content (AvgIpc) is 3.00. The summed E-state index contributed by atoms with van der Waals surface area (Å²) >= 11 is 0. The lowest BCUT2D eigenvalue weighted by atomic mass is 9.77. The molecule has 1 saturated heterocycles. The van der Waals surface area contributed by atoms with E-state index in [1.54, 1.807) is 7.11 Å². The zero-order valence-corrected chi connectivity index (χ0v) is 11.8. The van der Waals surface area contributed by atoms with Crippen molar-refractivity contribution in [1.82, 2.24) is 4.90 Å². The molecule has 0 aromatic heterocycles. The summed E-state index contributed by atoms with van der Waals surface area (Å²) in [4.78, 5) is 2.63. The second kappa shape index (κ2) is 5.14. The largest absolute Gasteiger partial charge is 0.497 e. The molecule has 104 valence electrons. The first-order valence-corrected chi connectivity index (χ1v) is 7.38. The van der Waals surface area contributed by atoms with E-state index in [2.05, 4.69) is 23.1 Å². The zero-order valence-electron chi connectivity index (χ0n) is 11.8. The Bertz CT molecular complexity index is 454. The van der Waals surface area contributed by atoms with Crippen LogP contribution in [0.3, 0.4) is 0 Å². The summed E-state index contributed by atoms with van der Waals surface area (Å²) in [6.07, 6.45) is 6.07. The van der Waals surface area contributed by atoms with E-state index in [4.69, 9.17) is 10.5 Å². The molecule has 3 heteroatoms. The molecule has 3 rings (SSSR count). The Morgan fingerprint density at radius 1 is 1.26 bits per heavy atom. The summed E-state index contributed by atoms with van der Waals surface area (Å²) < 4.78 is 5.36. The van der Waals surface area contributed by atoms with Crippen molar-refractivity contribution < 1.29 is 4.74 Å². The summed E-state index contributed by atoms with van der Waals surface area (Å²) in [5.74, 6) is 0.966. The molecule has 2 N–H and O–H groups in total. The monoisotopic (exact) mass is 260 g/mol. The van der Waals surface area contributed by atoms with E-state index in [9.17, 15) is 0 Å². The van der Waals surface area contributed by atoms with E-state index in [1.807, 2.05) is 0 Å². The number of benzene rings is 1. The smallest absolute Gasteiger partial charge is 0.119 e. The topological polar surface area (TPSA) is 38.5 Å². The number of methoxy groups -OCH3 is 1. The quantitative estimate of drug-likeness (QED) is 0.903. The highest BCUT2D eigenvalue weighted by molar-refractivity contribution is 5.39. The molecule has 0 bridgehead atoms. The van der Waals surface area contributed by atoms with Crippen LogP contribution in [0.4, 0.5) is 0 Å². The summed E-state index contributed by atoms with van der Waals surface area (Å²) in [6.45, 7) is 3.21. The lowest BCUT2D eigenvalue weighted by Crippen LogP contribution is -2.56. The molecule has 1 heterocycles. The molecule has 2 aliphatic rings. The third kappa shape index (κ3) is 2.26. The Kier molecular flexibility index (Phi) is 3.50. The first kappa shape index (κ1) is 12.9. The molecule has 19 heavy (non-hydrogen) atoms. The predicted molar refractivity (Wildman–Crippen MR) is 77.6 cm³/mol. The molecule has 3 nitrogen and oxygen atoms in total. The third-order valence-corrected chi connectivity index (χ3v) is 4.95.